The van der Waals surface area contributed by atoms with E-state index < -0.39 is 0 Å². The molecule has 1 heterocycles. The van der Waals surface area contributed by atoms with E-state index in [4.69, 9.17) is 11.6 Å². The van der Waals surface area contributed by atoms with Gasteiger partial charge in [0, 0.05) is 10.9 Å². The van der Waals surface area contributed by atoms with E-state index in [0.29, 0.717) is 6.04 Å². The molecule has 1 unspecified atom stereocenters. The van der Waals surface area contributed by atoms with Gasteiger partial charge in [-0.2, -0.15) is 0 Å². The van der Waals surface area contributed by atoms with Gasteiger partial charge in [-0.15, -0.1) is 11.3 Å². The highest BCUT2D eigenvalue weighted by atomic mass is 35.5. The molecule has 0 radical (unpaired) electrons. The van der Waals surface area contributed by atoms with Crippen LogP contribution in [0.15, 0.2) is 11.4 Å². The lowest BCUT2D eigenvalue weighted by Crippen LogP contribution is -2.29. The molecule has 3 heteroatoms. The van der Waals surface area contributed by atoms with E-state index >= 15 is 0 Å². The number of nitrogens with one attached hydrogen (secondary N) is 1. The Labute approximate surface area is 126 Å². The van der Waals surface area contributed by atoms with Crippen LogP contribution in [0.5, 0.6) is 0 Å². The van der Waals surface area contributed by atoms with Crippen molar-refractivity contribution in [2.45, 2.75) is 64.3 Å². The van der Waals surface area contributed by atoms with Gasteiger partial charge in [-0.3, -0.25) is 0 Å². The summed E-state index contributed by atoms with van der Waals surface area (Å²) in [5, 5.41) is 6.84. The fraction of sp³-hybridized carbons (Fsp3) is 0.750. The van der Waals surface area contributed by atoms with Crippen LogP contribution >= 0.6 is 22.9 Å². The Hall–Kier alpha value is -0.0500. The van der Waals surface area contributed by atoms with E-state index in [1.54, 1.807) is 0 Å². The maximum atomic E-state index is 6.38. The predicted molar refractivity (Wildman–Crippen MR) is 86.2 cm³/mol. The molecular formula is C16H26ClNS. The molecule has 1 atom stereocenters. The van der Waals surface area contributed by atoms with Crippen molar-refractivity contribution < 1.29 is 0 Å². The molecule has 1 N–H and O–H groups in total. The molecule has 0 bridgehead atoms. The van der Waals surface area contributed by atoms with Gasteiger partial charge in [-0.05, 0) is 43.2 Å². The fourth-order valence-electron chi connectivity index (χ4n) is 3.12. The summed E-state index contributed by atoms with van der Waals surface area (Å²) >= 11 is 8.20. The zero-order valence-electron chi connectivity index (χ0n) is 12.0. The smallest absolute Gasteiger partial charge is 0.0561 e. The molecule has 1 aliphatic carbocycles. The Morgan fingerprint density at radius 3 is 2.53 bits per heavy atom. The Morgan fingerprint density at radius 1 is 1.26 bits per heavy atom. The fourth-order valence-corrected chi connectivity index (χ4v) is 4.46. The number of halogens is 1. The maximum Gasteiger partial charge on any atom is 0.0561 e. The van der Waals surface area contributed by atoms with Gasteiger partial charge < -0.3 is 5.32 Å². The van der Waals surface area contributed by atoms with Gasteiger partial charge >= 0.3 is 0 Å². The Morgan fingerprint density at radius 2 is 1.95 bits per heavy atom. The third-order valence-electron chi connectivity index (χ3n) is 4.16. The number of hydrogen-bond acceptors (Lipinski definition) is 2. The van der Waals surface area contributed by atoms with Crippen LogP contribution in [-0.4, -0.2) is 6.54 Å². The van der Waals surface area contributed by atoms with E-state index in [9.17, 15) is 0 Å². The lowest BCUT2D eigenvalue weighted by molar-refractivity contribution is 0.292. The van der Waals surface area contributed by atoms with Crippen LogP contribution in [0.3, 0.4) is 0 Å². The summed E-state index contributed by atoms with van der Waals surface area (Å²) in [4.78, 5) is 1.36. The standard InChI is InChI=1S/C16H26ClNS/c1-2-11-18-15(16-14(17)10-12-19-16)13-8-6-4-3-5-7-9-13/h10,12-13,15,18H,2-9,11H2,1H3. The molecule has 0 aromatic carbocycles. The van der Waals surface area contributed by atoms with Crippen LogP contribution in [0.4, 0.5) is 0 Å². The van der Waals surface area contributed by atoms with Gasteiger partial charge in [-0.1, -0.05) is 50.6 Å². The van der Waals surface area contributed by atoms with Crippen molar-refractivity contribution in [2.75, 3.05) is 6.54 Å². The summed E-state index contributed by atoms with van der Waals surface area (Å²) in [6, 6.07) is 2.52. The van der Waals surface area contributed by atoms with Crippen molar-refractivity contribution in [2.24, 2.45) is 5.92 Å². The molecule has 1 aliphatic rings. The van der Waals surface area contributed by atoms with E-state index in [1.807, 2.05) is 17.4 Å². The van der Waals surface area contributed by atoms with Gasteiger partial charge in [0.15, 0.2) is 0 Å². The molecule has 1 saturated carbocycles. The number of rotatable bonds is 5. The van der Waals surface area contributed by atoms with Gasteiger partial charge in [0.05, 0.1) is 5.02 Å². The minimum absolute atomic E-state index is 0.477. The van der Waals surface area contributed by atoms with E-state index in [0.717, 1.165) is 17.5 Å². The Balaban J connectivity index is 2.08. The molecule has 2 rings (SSSR count). The first kappa shape index (κ1) is 15.3. The number of hydrogen-bond donors (Lipinski definition) is 1. The Bertz CT molecular complexity index is 355. The molecule has 1 fully saturated rings. The zero-order valence-corrected chi connectivity index (χ0v) is 13.5. The molecule has 108 valence electrons. The van der Waals surface area contributed by atoms with Gasteiger partial charge in [0.25, 0.3) is 0 Å². The molecule has 0 amide bonds. The average Bonchev–Trinajstić information content (AvgIpc) is 2.78. The van der Waals surface area contributed by atoms with Crippen LogP contribution in [-0.2, 0) is 0 Å². The van der Waals surface area contributed by atoms with Crippen LogP contribution in [0.2, 0.25) is 5.02 Å². The van der Waals surface area contributed by atoms with Crippen molar-refractivity contribution in [3.8, 4) is 0 Å². The monoisotopic (exact) mass is 299 g/mol. The summed E-state index contributed by atoms with van der Waals surface area (Å²) in [5.41, 5.74) is 0. The normalized spacial score (nSPS) is 19.9. The lowest BCUT2D eigenvalue weighted by Gasteiger charge is -2.29. The second-order valence-electron chi connectivity index (χ2n) is 5.67. The molecular weight excluding hydrogens is 274 g/mol. The Kier molecular flexibility index (Phi) is 6.69. The quantitative estimate of drug-likeness (QED) is 0.724. The van der Waals surface area contributed by atoms with Crippen molar-refractivity contribution in [3.05, 3.63) is 21.3 Å². The summed E-state index contributed by atoms with van der Waals surface area (Å²) in [6.45, 7) is 3.33. The summed E-state index contributed by atoms with van der Waals surface area (Å²) in [7, 11) is 0. The summed E-state index contributed by atoms with van der Waals surface area (Å²) in [6.07, 6.45) is 10.9. The summed E-state index contributed by atoms with van der Waals surface area (Å²) < 4.78 is 0. The minimum atomic E-state index is 0.477. The molecule has 0 aliphatic heterocycles. The predicted octanol–water partition coefficient (Wildman–Crippen LogP) is 5.80. The second-order valence-corrected chi connectivity index (χ2v) is 7.02. The highest BCUT2D eigenvalue weighted by Crippen LogP contribution is 2.38. The largest absolute Gasteiger partial charge is 0.309 e. The van der Waals surface area contributed by atoms with E-state index in [2.05, 4.69) is 17.6 Å². The molecule has 1 aromatic heterocycles. The van der Waals surface area contributed by atoms with Crippen molar-refractivity contribution >= 4 is 22.9 Å². The average molecular weight is 300 g/mol. The molecule has 0 spiro atoms. The van der Waals surface area contributed by atoms with Crippen molar-refractivity contribution in [1.29, 1.82) is 0 Å². The van der Waals surface area contributed by atoms with Gasteiger partial charge in [-0.25, -0.2) is 0 Å². The van der Waals surface area contributed by atoms with E-state index in [1.165, 1.54) is 56.2 Å². The first-order valence-corrected chi connectivity index (χ1v) is 9.05. The summed E-state index contributed by atoms with van der Waals surface area (Å²) in [5.74, 6) is 0.767. The van der Waals surface area contributed by atoms with E-state index in [-0.39, 0.29) is 0 Å². The van der Waals surface area contributed by atoms with Crippen LogP contribution in [0.25, 0.3) is 0 Å². The highest BCUT2D eigenvalue weighted by Gasteiger charge is 2.25. The molecule has 1 nitrogen and oxygen atoms in total. The minimum Gasteiger partial charge on any atom is -0.309 e. The van der Waals surface area contributed by atoms with Crippen LogP contribution in [0, 0.1) is 5.92 Å². The second kappa shape index (κ2) is 8.28. The SMILES string of the molecule is CCCNC(c1sccc1Cl)C1CCCCCCC1. The van der Waals surface area contributed by atoms with Gasteiger partial charge in [0.2, 0.25) is 0 Å². The molecule has 1 aromatic rings. The first-order chi connectivity index (χ1) is 9.33. The third-order valence-corrected chi connectivity index (χ3v) is 5.60. The van der Waals surface area contributed by atoms with Crippen molar-refractivity contribution in [1.82, 2.24) is 5.32 Å². The molecule has 19 heavy (non-hydrogen) atoms. The topological polar surface area (TPSA) is 12.0 Å². The third kappa shape index (κ3) is 4.47. The zero-order chi connectivity index (χ0) is 13.5. The van der Waals surface area contributed by atoms with Crippen LogP contribution < -0.4 is 5.32 Å². The molecule has 0 saturated heterocycles. The van der Waals surface area contributed by atoms with Gasteiger partial charge in [0.1, 0.15) is 0 Å². The number of thiophene rings is 1. The van der Waals surface area contributed by atoms with Crippen LogP contribution in [0.1, 0.15) is 69.2 Å². The maximum absolute atomic E-state index is 6.38. The lowest BCUT2D eigenvalue weighted by atomic mass is 9.85. The first-order valence-electron chi connectivity index (χ1n) is 7.79. The van der Waals surface area contributed by atoms with Crippen molar-refractivity contribution in [3.63, 3.8) is 0 Å². The highest BCUT2D eigenvalue weighted by molar-refractivity contribution is 7.10.